The van der Waals surface area contributed by atoms with E-state index in [1.807, 2.05) is 48.7 Å². The number of benzene rings is 2. The average Bonchev–Trinajstić information content (AvgIpc) is 3.14. The number of carbonyl (C=O) groups excluding carboxylic acids is 2. The number of imide groups is 1. The van der Waals surface area contributed by atoms with Crippen LogP contribution in [0.4, 0.5) is 9.18 Å². The standard InChI is InChI=1S/C23H18BrFN2O2S/c1-14-11-17(15(2)27(14)20-6-4-3-5-19(20)25)12-21-22(28)26(23(29)30-21)13-16-7-9-18(24)10-8-16/h3-12H,13H2,1-2H3/b21-12+. The Morgan fingerprint density at radius 3 is 2.47 bits per heavy atom. The van der Waals surface area contributed by atoms with Crippen molar-refractivity contribution in [3.63, 3.8) is 0 Å². The lowest BCUT2D eigenvalue weighted by Gasteiger charge is -2.12. The van der Waals surface area contributed by atoms with Crippen LogP contribution < -0.4 is 0 Å². The van der Waals surface area contributed by atoms with Gasteiger partial charge >= 0.3 is 0 Å². The summed E-state index contributed by atoms with van der Waals surface area (Å²) in [6.45, 7) is 3.98. The smallest absolute Gasteiger partial charge is 0.293 e. The van der Waals surface area contributed by atoms with Crippen LogP contribution in [0.2, 0.25) is 0 Å². The maximum absolute atomic E-state index is 14.3. The lowest BCUT2D eigenvalue weighted by Crippen LogP contribution is -2.27. The molecule has 1 fully saturated rings. The molecule has 1 aromatic heterocycles. The van der Waals surface area contributed by atoms with Crippen molar-refractivity contribution in [1.29, 1.82) is 0 Å². The molecular weight excluding hydrogens is 467 g/mol. The number of aryl methyl sites for hydroxylation is 1. The van der Waals surface area contributed by atoms with Crippen molar-refractivity contribution in [2.24, 2.45) is 0 Å². The van der Waals surface area contributed by atoms with Gasteiger partial charge in [0.1, 0.15) is 5.82 Å². The molecular formula is C23H18BrFN2O2S. The first-order chi connectivity index (χ1) is 14.3. The summed E-state index contributed by atoms with van der Waals surface area (Å²) in [5, 5.41) is -0.294. The Hall–Kier alpha value is -2.64. The van der Waals surface area contributed by atoms with E-state index in [9.17, 15) is 14.0 Å². The van der Waals surface area contributed by atoms with Gasteiger partial charge in [-0.2, -0.15) is 0 Å². The molecule has 2 heterocycles. The minimum atomic E-state index is -0.319. The van der Waals surface area contributed by atoms with Gasteiger partial charge in [0.25, 0.3) is 11.1 Å². The Labute approximate surface area is 186 Å². The molecule has 0 N–H and O–H groups in total. The Morgan fingerprint density at radius 2 is 1.77 bits per heavy atom. The van der Waals surface area contributed by atoms with E-state index in [1.165, 1.54) is 11.0 Å². The van der Waals surface area contributed by atoms with E-state index in [2.05, 4.69) is 15.9 Å². The second kappa shape index (κ2) is 8.24. The number of carbonyl (C=O) groups is 2. The molecule has 30 heavy (non-hydrogen) atoms. The predicted molar refractivity (Wildman–Crippen MR) is 121 cm³/mol. The van der Waals surface area contributed by atoms with E-state index in [4.69, 9.17) is 0 Å². The summed E-state index contributed by atoms with van der Waals surface area (Å²) in [4.78, 5) is 26.9. The second-order valence-electron chi connectivity index (χ2n) is 7.01. The molecule has 2 amide bonds. The van der Waals surface area contributed by atoms with Gasteiger partial charge in [0, 0.05) is 15.9 Å². The van der Waals surface area contributed by atoms with Crippen LogP contribution in [0.25, 0.3) is 11.8 Å². The maximum atomic E-state index is 14.3. The highest BCUT2D eigenvalue weighted by Crippen LogP contribution is 2.35. The number of halogens is 2. The van der Waals surface area contributed by atoms with Crippen molar-refractivity contribution in [1.82, 2.24) is 9.47 Å². The topological polar surface area (TPSA) is 42.3 Å². The van der Waals surface area contributed by atoms with Crippen LogP contribution in [0.15, 0.2) is 64.0 Å². The third-order valence-electron chi connectivity index (χ3n) is 4.98. The third kappa shape index (κ3) is 3.87. The summed E-state index contributed by atoms with van der Waals surface area (Å²) in [5.74, 6) is -0.635. The minimum absolute atomic E-state index is 0.226. The normalized spacial score (nSPS) is 15.5. The highest BCUT2D eigenvalue weighted by molar-refractivity contribution is 9.10. The predicted octanol–water partition coefficient (Wildman–Crippen LogP) is 6.23. The van der Waals surface area contributed by atoms with Gasteiger partial charge in [-0.1, -0.05) is 40.2 Å². The highest BCUT2D eigenvalue weighted by Gasteiger charge is 2.35. The summed E-state index contributed by atoms with van der Waals surface area (Å²) >= 11 is 4.31. The van der Waals surface area contributed by atoms with Crippen molar-refractivity contribution >= 4 is 44.9 Å². The van der Waals surface area contributed by atoms with Gasteiger partial charge in [-0.25, -0.2) is 4.39 Å². The van der Waals surface area contributed by atoms with Gasteiger partial charge in [0.05, 0.1) is 17.1 Å². The fraction of sp³-hybridized carbons (Fsp3) is 0.130. The SMILES string of the molecule is Cc1cc(/C=C2/SC(=O)N(Cc3ccc(Br)cc3)C2=O)c(C)n1-c1ccccc1F. The zero-order chi connectivity index (χ0) is 21.4. The lowest BCUT2D eigenvalue weighted by atomic mass is 10.2. The number of hydrogen-bond donors (Lipinski definition) is 0. The molecule has 152 valence electrons. The van der Waals surface area contributed by atoms with Crippen LogP contribution in [0.3, 0.4) is 0 Å². The molecule has 7 heteroatoms. The van der Waals surface area contributed by atoms with Crippen LogP contribution in [0, 0.1) is 19.7 Å². The Bertz CT molecular complexity index is 1180. The second-order valence-corrected chi connectivity index (χ2v) is 8.92. The molecule has 0 spiro atoms. The lowest BCUT2D eigenvalue weighted by molar-refractivity contribution is -0.123. The van der Waals surface area contributed by atoms with E-state index in [-0.39, 0.29) is 23.5 Å². The Balaban J connectivity index is 1.63. The molecule has 4 rings (SSSR count). The Kier molecular flexibility index (Phi) is 5.66. The van der Waals surface area contributed by atoms with Crippen molar-refractivity contribution < 1.29 is 14.0 Å². The van der Waals surface area contributed by atoms with E-state index in [0.29, 0.717) is 10.6 Å². The molecule has 3 aromatic rings. The molecule has 0 unspecified atom stereocenters. The molecule has 0 bridgehead atoms. The molecule has 0 saturated carbocycles. The molecule has 0 atom stereocenters. The van der Waals surface area contributed by atoms with Crippen molar-refractivity contribution in [2.45, 2.75) is 20.4 Å². The number of aromatic nitrogens is 1. The zero-order valence-electron chi connectivity index (χ0n) is 16.4. The van der Waals surface area contributed by atoms with Crippen molar-refractivity contribution in [3.8, 4) is 5.69 Å². The van der Waals surface area contributed by atoms with Crippen LogP contribution in [-0.2, 0) is 11.3 Å². The van der Waals surface area contributed by atoms with Crippen LogP contribution in [-0.4, -0.2) is 20.6 Å². The third-order valence-corrected chi connectivity index (χ3v) is 6.41. The molecule has 2 aromatic carbocycles. The summed E-state index contributed by atoms with van der Waals surface area (Å²) in [5.41, 5.74) is 3.76. The fourth-order valence-corrected chi connectivity index (χ4v) is 4.58. The monoisotopic (exact) mass is 484 g/mol. The number of thioether (sulfide) groups is 1. The summed E-state index contributed by atoms with van der Waals surface area (Å²) in [7, 11) is 0. The van der Waals surface area contributed by atoms with E-state index < -0.39 is 0 Å². The fourth-order valence-electron chi connectivity index (χ4n) is 3.49. The van der Waals surface area contributed by atoms with Crippen LogP contribution in [0.1, 0.15) is 22.5 Å². The number of nitrogens with zero attached hydrogens (tertiary/aromatic N) is 2. The molecule has 1 saturated heterocycles. The largest absolute Gasteiger partial charge is 0.315 e. The molecule has 0 radical (unpaired) electrons. The zero-order valence-corrected chi connectivity index (χ0v) is 18.8. The van der Waals surface area contributed by atoms with Crippen molar-refractivity contribution in [2.75, 3.05) is 0 Å². The molecule has 1 aliphatic rings. The van der Waals surface area contributed by atoms with Crippen LogP contribution >= 0.6 is 27.7 Å². The van der Waals surface area contributed by atoms with Crippen molar-refractivity contribution in [3.05, 3.63) is 92.3 Å². The summed E-state index contributed by atoms with van der Waals surface area (Å²) < 4.78 is 17.0. The van der Waals surface area contributed by atoms with Crippen LogP contribution in [0.5, 0.6) is 0 Å². The van der Waals surface area contributed by atoms with Gasteiger partial charge in [-0.3, -0.25) is 14.5 Å². The van der Waals surface area contributed by atoms with E-state index >= 15 is 0 Å². The van der Waals surface area contributed by atoms with E-state index in [0.717, 1.165) is 38.7 Å². The first kappa shape index (κ1) is 20.6. The number of amides is 2. The molecule has 1 aliphatic heterocycles. The Morgan fingerprint density at radius 1 is 1.07 bits per heavy atom. The van der Waals surface area contributed by atoms with E-state index in [1.54, 1.807) is 24.3 Å². The maximum Gasteiger partial charge on any atom is 0.293 e. The summed E-state index contributed by atoms with van der Waals surface area (Å²) in [6, 6.07) is 16.0. The van der Waals surface area contributed by atoms with Gasteiger partial charge in [-0.05, 0) is 73.1 Å². The van der Waals surface area contributed by atoms with Gasteiger partial charge in [-0.15, -0.1) is 0 Å². The first-order valence-corrected chi connectivity index (χ1v) is 10.9. The minimum Gasteiger partial charge on any atom is -0.315 e. The number of hydrogen-bond acceptors (Lipinski definition) is 3. The number of para-hydroxylation sites is 1. The first-order valence-electron chi connectivity index (χ1n) is 9.29. The molecule has 0 aliphatic carbocycles. The molecule has 4 nitrogen and oxygen atoms in total. The van der Waals surface area contributed by atoms with Gasteiger partial charge < -0.3 is 4.57 Å². The summed E-state index contributed by atoms with van der Waals surface area (Å²) in [6.07, 6.45) is 1.71. The van der Waals surface area contributed by atoms with Gasteiger partial charge in [0.15, 0.2) is 0 Å². The highest BCUT2D eigenvalue weighted by atomic mass is 79.9. The number of rotatable bonds is 4. The van der Waals surface area contributed by atoms with Gasteiger partial charge in [0.2, 0.25) is 0 Å². The average molecular weight is 485 g/mol. The quantitative estimate of drug-likeness (QED) is 0.412.